The number of para-hydroxylation sites is 1. The van der Waals surface area contributed by atoms with Crippen LogP contribution in [0.2, 0.25) is 5.15 Å². The summed E-state index contributed by atoms with van der Waals surface area (Å²) in [5.41, 5.74) is 0.621. The van der Waals surface area contributed by atoms with Gasteiger partial charge < -0.3 is 19.0 Å². The number of aromatic nitrogens is 1. The zero-order chi connectivity index (χ0) is 26.2. The van der Waals surface area contributed by atoms with Crippen LogP contribution >= 0.6 is 11.6 Å². The summed E-state index contributed by atoms with van der Waals surface area (Å²) in [6.07, 6.45) is 2.39. The van der Waals surface area contributed by atoms with Gasteiger partial charge in [0, 0.05) is 43.9 Å². The lowest BCUT2D eigenvalue weighted by Crippen LogP contribution is -2.44. The second-order valence-electron chi connectivity index (χ2n) is 9.43. The number of halogens is 1. The van der Waals surface area contributed by atoms with E-state index in [2.05, 4.69) is 4.98 Å². The van der Waals surface area contributed by atoms with Crippen LogP contribution in [0.5, 0.6) is 5.88 Å². The zero-order valence-corrected chi connectivity index (χ0v) is 20.9. The van der Waals surface area contributed by atoms with Crippen molar-refractivity contribution in [1.29, 1.82) is 0 Å². The number of nitrogens with zero attached hydrogens (tertiary/aromatic N) is 4. The third-order valence-electron chi connectivity index (χ3n) is 7.25. The second-order valence-corrected chi connectivity index (χ2v) is 9.82. The molecule has 37 heavy (non-hydrogen) atoms. The average Bonchev–Trinajstić information content (AvgIpc) is 3.56. The third kappa shape index (κ3) is 4.89. The summed E-state index contributed by atoms with van der Waals surface area (Å²) in [7, 11) is 1.47. The lowest BCUT2D eigenvalue weighted by Gasteiger charge is -2.39. The zero-order valence-electron chi connectivity index (χ0n) is 20.2. The SMILES string of the molecule is COc1cc(C(=O)N2CCC3(CC2)CCN(C(=O)c2ccc(-c4ccccc4[N+](=O)[O-])o2)C3)cc(Cl)n1. The highest BCUT2D eigenvalue weighted by atomic mass is 35.5. The second kappa shape index (κ2) is 9.85. The van der Waals surface area contributed by atoms with E-state index in [0.717, 1.165) is 19.3 Å². The molecule has 2 saturated heterocycles. The molecule has 0 atom stereocenters. The predicted octanol–water partition coefficient (Wildman–Crippen LogP) is 4.68. The largest absolute Gasteiger partial charge is 0.481 e. The van der Waals surface area contributed by atoms with Gasteiger partial charge in [-0.3, -0.25) is 19.7 Å². The quantitative estimate of drug-likeness (QED) is 0.270. The van der Waals surface area contributed by atoms with Gasteiger partial charge in [-0.15, -0.1) is 0 Å². The highest BCUT2D eigenvalue weighted by Gasteiger charge is 2.43. The summed E-state index contributed by atoms with van der Waals surface area (Å²) >= 11 is 6.03. The van der Waals surface area contributed by atoms with Crippen LogP contribution in [0, 0.1) is 15.5 Å². The van der Waals surface area contributed by atoms with E-state index in [9.17, 15) is 19.7 Å². The molecule has 1 aromatic carbocycles. The van der Waals surface area contributed by atoms with Gasteiger partial charge in [0.05, 0.1) is 17.6 Å². The maximum absolute atomic E-state index is 13.2. The van der Waals surface area contributed by atoms with Crippen LogP contribution in [0.3, 0.4) is 0 Å². The number of likely N-dealkylation sites (tertiary alicyclic amines) is 2. The number of benzene rings is 1. The van der Waals surface area contributed by atoms with Crippen molar-refractivity contribution in [2.75, 3.05) is 33.3 Å². The highest BCUT2D eigenvalue weighted by molar-refractivity contribution is 6.29. The number of piperidine rings is 1. The van der Waals surface area contributed by atoms with E-state index >= 15 is 0 Å². The lowest BCUT2D eigenvalue weighted by atomic mass is 9.77. The summed E-state index contributed by atoms with van der Waals surface area (Å²) in [5.74, 6) is 0.364. The maximum Gasteiger partial charge on any atom is 0.289 e. The van der Waals surface area contributed by atoms with Crippen LogP contribution in [0.25, 0.3) is 11.3 Å². The molecule has 10 nitrogen and oxygen atoms in total. The molecule has 2 aromatic heterocycles. The molecule has 1 spiro atoms. The Hall–Kier alpha value is -3.92. The summed E-state index contributed by atoms with van der Waals surface area (Å²) in [6, 6.07) is 12.5. The maximum atomic E-state index is 13.2. The van der Waals surface area contributed by atoms with Gasteiger partial charge in [0.15, 0.2) is 5.76 Å². The first-order valence-corrected chi connectivity index (χ1v) is 12.3. The van der Waals surface area contributed by atoms with Crippen LogP contribution < -0.4 is 4.74 Å². The first-order chi connectivity index (χ1) is 17.8. The molecular weight excluding hydrogens is 500 g/mol. The molecular formula is C26H25ClN4O6. The Labute approximate surface area is 217 Å². The lowest BCUT2D eigenvalue weighted by molar-refractivity contribution is -0.384. The van der Waals surface area contributed by atoms with Gasteiger partial charge in [0.1, 0.15) is 10.9 Å². The van der Waals surface area contributed by atoms with Crippen molar-refractivity contribution in [2.45, 2.75) is 19.3 Å². The van der Waals surface area contributed by atoms with Crippen molar-refractivity contribution in [3.05, 3.63) is 75.1 Å². The number of furan rings is 1. The van der Waals surface area contributed by atoms with Crippen LogP contribution in [0.15, 0.2) is 52.9 Å². The Bertz CT molecular complexity index is 1360. The van der Waals surface area contributed by atoms with Crippen molar-refractivity contribution < 1.29 is 23.7 Å². The van der Waals surface area contributed by atoms with Gasteiger partial charge >= 0.3 is 0 Å². The topological polar surface area (TPSA) is 119 Å². The number of hydrogen-bond donors (Lipinski definition) is 0. The molecule has 0 aliphatic carbocycles. The summed E-state index contributed by atoms with van der Waals surface area (Å²) < 4.78 is 10.9. The molecule has 11 heteroatoms. The molecule has 2 fully saturated rings. The van der Waals surface area contributed by atoms with Crippen molar-refractivity contribution in [3.8, 4) is 17.2 Å². The molecule has 2 aliphatic rings. The molecule has 4 heterocycles. The summed E-state index contributed by atoms with van der Waals surface area (Å²) in [6.45, 7) is 2.31. The number of methoxy groups -OCH3 is 1. The molecule has 0 N–H and O–H groups in total. The number of rotatable bonds is 5. The minimum atomic E-state index is -0.472. The summed E-state index contributed by atoms with van der Waals surface area (Å²) in [4.78, 5) is 44.7. The van der Waals surface area contributed by atoms with E-state index in [4.69, 9.17) is 20.8 Å². The van der Waals surface area contributed by atoms with E-state index in [1.807, 2.05) is 0 Å². The monoisotopic (exact) mass is 524 g/mol. The fourth-order valence-corrected chi connectivity index (χ4v) is 5.38. The Morgan fingerprint density at radius 2 is 1.76 bits per heavy atom. The van der Waals surface area contributed by atoms with Crippen molar-refractivity contribution >= 4 is 29.1 Å². The Morgan fingerprint density at radius 3 is 2.46 bits per heavy atom. The van der Waals surface area contributed by atoms with Gasteiger partial charge in [0.2, 0.25) is 5.88 Å². The first kappa shape index (κ1) is 24.8. The van der Waals surface area contributed by atoms with Crippen LogP contribution in [0.4, 0.5) is 5.69 Å². The number of nitro groups is 1. The molecule has 2 aliphatic heterocycles. The fourth-order valence-electron chi connectivity index (χ4n) is 5.18. The van der Waals surface area contributed by atoms with Gasteiger partial charge in [-0.2, -0.15) is 0 Å². The smallest absolute Gasteiger partial charge is 0.289 e. The number of nitro benzene ring substituents is 1. The molecule has 2 amide bonds. The number of carbonyl (C=O) groups excluding carboxylic acids is 2. The van der Waals surface area contributed by atoms with E-state index in [0.29, 0.717) is 37.3 Å². The average molecular weight is 525 g/mol. The van der Waals surface area contributed by atoms with Gasteiger partial charge in [0.25, 0.3) is 17.5 Å². The molecule has 0 unspecified atom stereocenters. The van der Waals surface area contributed by atoms with Crippen LogP contribution in [-0.2, 0) is 0 Å². The Balaban J connectivity index is 1.23. The standard InChI is InChI=1S/C26H25ClN4O6/c1-36-23-15-17(14-22(27)28-23)24(32)29-11-8-26(9-12-29)10-13-30(16-26)25(33)21-7-6-20(37-21)18-4-2-3-5-19(18)31(34)35/h2-7,14-15H,8-13,16H2,1H3. The van der Waals surface area contributed by atoms with Gasteiger partial charge in [-0.25, -0.2) is 4.98 Å². The number of hydrogen-bond acceptors (Lipinski definition) is 7. The Morgan fingerprint density at radius 1 is 1.05 bits per heavy atom. The highest BCUT2D eigenvalue weighted by Crippen LogP contribution is 2.41. The van der Waals surface area contributed by atoms with E-state index < -0.39 is 4.92 Å². The molecule has 0 radical (unpaired) electrons. The molecule has 192 valence electrons. The van der Waals surface area contributed by atoms with Crippen molar-refractivity contribution in [1.82, 2.24) is 14.8 Å². The molecule has 3 aromatic rings. The van der Waals surface area contributed by atoms with Crippen molar-refractivity contribution in [3.63, 3.8) is 0 Å². The number of ether oxygens (including phenoxy) is 1. The van der Waals surface area contributed by atoms with Crippen molar-refractivity contribution in [2.24, 2.45) is 5.41 Å². The normalized spacial score (nSPS) is 16.7. The minimum absolute atomic E-state index is 0.0618. The number of carbonyl (C=O) groups is 2. The minimum Gasteiger partial charge on any atom is -0.481 e. The molecule has 0 saturated carbocycles. The third-order valence-corrected chi connectivity index (χ3v) is 7.44. The number of amides is 2. The van der Waals surface area contributed by atoms with E-state index in [-0.39, 0.29) is 45.5 Å². The predicted molar refractivity (Wildman–Crippen MR) is 135 cm³/mol. The van der Waals surface area contributed by atoms with E-state index in [1.54, 1.807) is 46.2 Å². The summed E-state index contributed by atoms with van der Waals surface area (Å²) in [5, 5.41) is 11.6. The first-order valence-electron chi connectivity index (χ1n) is 11.9. The van der Waals surface area contributed by atoms with Crippen LogP contribution in [0.1, 0.15) is 40.2 Å². The van der Waals surface area contributed by atoms with Gasteiger partial charge in [-0.05, 0) is 48.9 Å². The molecule has 0 bridgehead atoms. The Kier molecular flexibility index (Phi) is 6.59. The fraction of sp³-hybridized carbons (Fsp3) is 0.346. The number of pyridine rings is 1. The van der Waals surface area contributed by atoms with E-state index in [1.165, 1.54) is 19.2 Å². The van der Waals surface area contributed by atoms with Crippen LogP contribution in [-0.4, -0.2) is 64.8 Å². The molecule has 5 rings (SSSR count). The van der Waals surface area contributed by atoms with Gasteiger partial charge in [-0.1, -0.05) is 23.7 Å².